The third-order valence-corrected chi connectivity index (χ3v) is 5.86. The first-order valence-electron chi connectivity index (χ1n) is 11.1. The second-order valence-corrected chi connectivity index (χ2v) is 8.45. The van der Waals surface area contributed by atoms with Crippen molar-refractivity contribution in [3.63, 3.8) is 0 Å². The van der Waals surface area contributed by atoms with Crippen LogP contribution in [0.5, 0.6) is 5.75 Å². The summed E-state index contributed by atoms with van der Waals surface area (Å²) in [6, 6.07) is 19.7. The fourth-order valence-electron chi connectivity index (χ4n) is 4.00. The predicted molar refractivity (Wildman–Crippen MR) is 136 cm³/mol. The number of anilines is 3. The summed E-state index contributed by atoms with van der Waals surface area (Å²) in [6.07, 6.45) is 1.24. The highest BCUT2D eigenvalue weighted by atomic mass is 35.5. The maximum absolute atomic E-state index is 13.2. The second kappa shape index (κ2) is 10.9. The number of nitrogens with one attached hydrogen (secondary N) is 3. The van der Waals surface area contributed by atoms with Crippen LogP contribution in [0.4, 0.5) is 21.9 Å². The van der Waals surface area contributed by atoms with Crippen LogP contribution in [0, 0.1) is 0 Å². The van der Waals surface area contributed by atoms with Gasteiger partial charge in [-0.05, 0) is 61.4 Å². The van der Waals surface area contributed by atoms with E-state index in [2.05, 4.69) is 16.0 Å². The van der Waals surface area contributed by atoms with Crippen LogP contribution in [0.25, 0.3) is 0 Å². The number of carbonyl (C=O) groups excluding carboxylic acids is 3. The van der Waals surface area contributed by atoms with Crippen molar-refractivity contribution in [1.82, 2.24) is 4.90 Å². The third kappa shape index (κ3) is 5.91. The summed E-state index contributed by atoms with van der Waals surface area (Å²) >= 11 is 6.09. The number of rotatable bonds is 6. The minimum atomic E-state index is -0.635. The largest absolute Gasteiger partial charge is 0.496 e. The average molecular weight is 493 g/mol. The molecule has 4 rings (SSSR count). The fourth-order valence-corrected chi connectivity index (χ4v) is 4.17. The third-order valence-electron chi connectivity index (χ3n) is 5.63. The molecule has 1 heterocycles. The first-order valence-corrected chi connectivity index (χ1v) is 11.5. The topological polar surface area (TPSA) is 99.8 Å². The van der Waals surface area contributed by atoms with Crippen LogP contribution in [-0.2, 0) is 4.79 Å². The summed E-state index contributed by atoms with van der Waals surface area (Å²) < 4.78 is 5.31. The molecule has 9 heteroatoms. The number of halogens is 1. The summed E-state index contributed by atoms with van der Waals surface area (Å²) in [5.41, 5.74) is 2.00. The molecule has 1 aliphatic rings. The number of para-hydroxylation sites is 1. The fraction of sp³-hybridized carbons (Fsp3) is 0.192. The van der Waals surface area contributed by atoms with E-state index < -0.39 is 12.1 Å². The van der Waals surface area contributed by atoms with Gasteiger partial charge in [-0.25, -0.2) is 4.79 Å². The first kappa shape index (κ1) is 24.1. The Balaban J connectivity index is 1.42. The number of carbonyl (C=O) groups is 3. The van der Waals surface area contributed by atoms with Crippen LogP contribution in [-0.4, -0.2) is 42.4 Å². The van der Waals surface area contributed by atoms with E-state index in [0.717, 1.165) is 0 Å². The first-order chi connectivity index (χ1) is 16.9. The zero-order valence-electron chi connectivity index (χ0n) is 19.1. The van der Waals surface area contributed by atoms with Crippen LogP contribution >= 0.6 is 11.6 Å². The molecule has 4 amide bonds. The summed E-state index contributed by atoms with van der Waals surface area (Å²) in [5, 5.41) is 8.76. The van der Waals surface area contributed by atoms with Gasteiger partial charge >= 0.3 is 6.03 Å². The maximum atomic E-state index is 13.2. The van der Waals surface area contributed by atoms with Crippen LogP contribution in [0.1, 0.15) is 23.2 Å². The van der Waals surface area contributed by atoms with Gasteiger partial charge < -0.3 is 25.6 Å². The molecular formula is C26H25ClN4O4. The van der Waals surface area contributed by atoms with Gasteiger partial charge in [0.1, 0.15) is 11.8 Å². The van der Waals surface area contributed by atoms with Crippen molar-refractivity contribution in [3.8, 4) is 5.75 Å². The van der Waals surface area contributed by atoms with Gasteiger partial charge in [0.05, 0.1) is 12.7 Å². The number of urea groups is 1. The van der Waals surface area contributed by atoms with Gasteiger partial charge in [-0.2, -0.15) is 0 Å². The van der Waals surface area contributed by atoms with Crippen molar-refractivity contribution < 1.29 is 19.1 Å². The monoisotopic (exact) mass is 492 g/mol. The van der Waals surface area contributed by atoms with E-state index in [4.69, 9.17) is 16.3 Å². The standard InChI is InChI=1S/C26H25ClN4O4/c1-35-23-13-12-17(27)15-21(23)25(33)31-14-6-11-22(31)24(32)28-19-9-5-10-20(16-19)30-26(34)29-18-7-3-2-4-8-18/h2-5,7-10,12-13,15-16,22H,6,11,14H2,1H3,(H,28,32)(H2,29,30,34)/t22-/m0/s1. The van der Waals surface area contributed by atoms with E-state index in [9.17, 15) is 14.4 Å². The number of hydrogen-bond donors (Lipinski definition) is 3. The van der Waals surface area contributed by atoms with Gasteiger partial charge in [0, 0.05) is 28.6 Å². The molecule has 0 bridgehead atoms. The number of ether oxygens (including phenoxy) is 1. The second-order valence-electron chi connectivity index (χ2n) is 8.02. The Morgan fingerprint density at radius 1 is 0.886 bits per heavy atom. The van der Waals surface area contributed by atoms with E-state index >= 15 is 0 Å². The van der Waals surface area contributed by atoms with Gasteiger partial charge in [-0.3, -0.25) is 9.59 Å². The molecule has 3 aromatic rings. The number of likely N-dealkylation sites (tertiary alicyclic amines) is 1. The lowest BCUT2D eigenvalue weighted by Crippen LogP contribution is -2.43. The number of nitrogens with zero attached hydrogens (tertiary/aromatic N) is 1. The highest BCUT2D eigenvalue weighted by Gasteiger charge is 2.35. The van der Waals surface area contributed by atoms with E-state index in [1.54, 1.807) is 59.5 Å². The molecule has 0 spiro atoms. The quantitative estimate of drug-likeness (QED) is 0.438. The van der Waals surface area contributed by atoms with Crippen LogP contribution in [0.3, 0.4) is 0 Å². The van der Waals surface area contributed by atoms with Gasteiger partial charge in [0.25, 0.3) is 5.91 Å². The van der Waals surface area contributed by atoms with Crippen molar-refractivity contribution in [1.29, 1.82) is 0 Å². The molecule has 3 N–H and O–H groups in total. The minimum absolute atomic E-state index is 0.303. The molecule has 0 unspecified atom stereocenters. The summed E-state index contributed by atoms with van der Waals surface area (Å²) in [5.74, 6) is -0.212. The van der Waals surface area contributed by atoms with Crippen molar-refractivity contribution in [2.45, 2.75) is 18.9 Å². The van der Waals surface area contributed by atoms with Gasteiger partial charge in [-0.15, -0.1) is 0 Å². The Morgan fingerprint density at radius 2 is 1.57 bits per heavy atom. The Bertz CT molecular complexity index is 1240. The molecule has 0 aromatic heterocycles. The minimum Gasteiger partial charge on any atom is -0.496 e. The Hall–Kier alpha value is -4.04. The Morgan fingerprint density at radius 3 is 2.31 bits per heavy atom. The molecule has 1 aliphatic heterocycles. The number of methoxy groups -OCH3 is 1. The number of hydrogen-bond acceptors (Lipinski definition) is 4. The Labute approximate surface area is 208 Å². The summed E-state index contributed by atoms with van der Waals surface area (Å²) in [4.78, 5) is 40.1. The van der Waals surface area contributed by atoms with E-state index in [0.29, 0.717) is 52.8 Å². The highest BCUT2D eigenvalue weighted by molar-refractivity contribution is 6.31. The lowest BCUT2D eigenvalue weighted by molar-refractivity contribution is -0.119. The highest BCUT2D eigenvalue weighted by Crippen LogP contribution is 2.28. The maximum Gasteiger partial charge on any atom is 0.323 e. The molecule has 8 nitrogen and oxygen atoms in total. The van der Waals surface area contributed by atoms with Crippen molar-refractivity contribution in [3.05, 3.63) is 83.4 Å². The van der Waals surface area contributed by atoms with Gasteiger partial charge in [0.2, 0.25) is 5.91 Å². The molecule has 0 saturated carbocycles. The van der Waals surface area contributed by atoms with Gasteiger partial charge in [0.15, 0.2) is 0 Å². The Kier molecular flexibility index (Phi) is 7.52. The molecule has 35 heavy (non-hydrogen) atoms. The van der Waals surface area contributed by atoms with Crippen molar-refractivity contribution in [2.75, 3.05) is 29.6 Å². The predicted octanol–water partition coefficient (Wildman–Crippen LogP) is 5.24. The SMILES string of the molecule is COc1ccc(Cl)cc1C(=O)N1CCC[C@H]1C(=O)Nc1cccc(NC(=O)Nc2ccccc2)c1. The molecule has 0 aliphatic carbocycles. The summed E-state index contributed by atoms with van der Waals surface area (Å²) in [6.45, 7) is 0.452. The number of benzene rings is 3. The molecule has 1 atom stereocenters. The molecule has 1 saturated heterocycles. The molecule has 1 fully saturated rings. The molecule has 180 valence electrons. The van der Waals surface area contributed by atoms with Crippen LogP contribution in [0.2, 0.25) is 5.02 Å². The van der Waals surface area contributed by atoms with Crippen LogP contribution in [0.15, 0.2) is 72.8 Å². The molecular weight excluding hydrogens is 468 g/mol. The summed E-state index contributed by atoms with van der Waals surface area (Å²) in [7, 11) is 1.48. The van der Waals surface area contributed by atoms with Crippen molar-refractivity contribution >= 4 is 46.5 Å². The van der Waals surface area contributed by atoms with E-state index in [-0.39, 0.29) is 11.8 Å². The smallest absolute Gasteiger partial charge is 0.323 e. The van der Waals surface area contributed by atoms with Crippen molar-refractivity contribution in [2.24, 2.45) is 0 Å². The molecule has 0 radical (unpaired) electrons. The normalized spacial score (nSPS) is 14.8. The van der Waals surface area contributed by atoms with Gasteiger partial charge in [-0.1, -0.05) is 35.9 Å². The number of amides is 4. The van der Waals surface area contributed by atoms with E-state index in [1.807, 2.05) is 18.2 Å². The van der Waals surface area contributed by atoms with E-state index in [1.165, 1.54) is 7.11 Å². The van der Waals surface area contributed by atoms with Crippen LogP contribution < -0.4 is 20.7 Å². The zero-order chi connectivity index (χ0) is 24.8. The zero-order valence-corrected chi connectivity index (χ0v) is 19.8. The lowest BCUT2D eigenvalue weighted by atomic mass is 10.1. The average Bonchev–Trinajstić information content (AvgIpc) is 3.34. The lowest BCUT2D eigenvalue weighted by Gasteiger charge is -2.25. The molecule has 3 aromatic carbocycles.